The Kier molecular flexibility index (Phi) is 23.5. The molecule has 4 N–H and O–H groups in total. The predicted molar refractivity (Wildman–Crippen MR) is 135 cm³/mol. The minimum atomic E-state index is -0.681. The second-order valence-corrected chi connectivity index (χ2v) is 10.5. The summed E-state index contributed by atoms with van der Waals surface area (Å²) in [5.41, 5.74) is 13.5. The predicted octanol–water partition coefficient (Wildman–Crippen LogP) is 8.53. The van der Waals surface area contributed by atoms with E-state index in [0.717, 1.165) is 51.4 Å². The van der Waals surface area contributed by atoms with E-state index in [1.165, 1.54) is 38.5 Å². The molecule has 2 atom stereocenters. The third kappa shape index (κ3) is 20.6. The van der Waals surface area contributed by atoms with Crippen molar-refractivity contribution in [1.29, 1.82) is 0 Å². The van der Waals surface area contributed by atoms with Crippen LogP contribution >= 0.6 is 0 Å². The Labute approximate surface area is 218 Å². The van der Waals surface area contributed by atoms with Gasteiger partial charge in [0.2, 0.25) is 0 Å². The Balaban J connectivity index is -0.000000410. The Morgan fingerprint density at radius 2 is 1.00 bits per heavy atom. The maximum Gasteiger partial charge on any atom is 2.00 e. The van der Waals surface area contributed by atoms with Crippen LogP contribution in [-0.4, -0.2) is 34.2 Å². The Hall–Kier alpha value is -0.452. The van der Waals surface area contributed by atoms with E-state index in [2.05, 4.69) is 13.8 Å². The fraction of sp³-hybridized carbons (Fsp3) is 0.923. The fourth-order valence-electron chi connectivity index (χ4n) is 3.33. The van der Waals surface area contributed by atoms with Crippen molar-refractivity contribution in [3.05, 3.63) is 11.5 Å². The van der Waals surface area contributed by atoms with Crippen LogP contribution in [0.3, 0.4) is 0 Å². The van der Waals surface area contributed by atoms with E-state index in [0.29, 0.717) is 0 Å². The zero-order valence-electron chi connectivity index (χ0n) is 22.1. The molecule has 0 aromatic heterocycles. The summed E-state index contributed by atoms with van der Waals surface area (Å²) >= 11 is 0. The van der Waals surface area contributed by atoms with Gasteiger partial charge in [0.15, 0.2) is 0 Å². The Morgan fingerprint density at radius 3 is 1.21 bits per heavy atom. The number of nitrogens with one attached hydrogen (secondary N) is 2. The molecule has 0 unspecified atom stereocenters. The number of carboxylic acid groups (broad SMARTS) is 2. The number of hydrogen-bond donors (Lipinski definition) is 2. The van der Waals surface area contributed by atoms with Crippen LogP contribution in [0.15, 0.2) is 0 Å². The first-order valence-electron chi connectivity index (χ1n) is 12.7. The van der Waals surface area contributed by atoms with Gasteiger partial charge in [-0.1, -0.05) is 90.9 Å². The summed E-state index contributed by atoms with van der Waals surface area (Å²) in [5.74, 6) is -1.36. The summed E-state index contributed by atoms with van der Waals surface area (Å²) < 4.78 is 0. The maximum atomic E-state index is 10.7. The number of rotatable bonds is 12. The fourth-order valence-corrected chi connectivity index (χ4v) is 3.33. The van der Waals surface area contributed by atoms with Crippen molar-refractivity contribution in [2.24, 2.45) is 10.8 Å². The van der Waals surface area contributed by atoms with Crippen molar-refractivity contribution in [3.8, 4) is 0 Å². The minimum absolute atomic E-state index is 0. The van der Waals surface area contributed by atoms with Crippen LogP contribution in [0, 0.1) is 10.8 Å². The van der Waals surface area contributed by atoms with Gasteiger partial charge in [-0.05, 0) is 40.5 Å². The second-order valence-electron chi connectivity index (χ2n) is 10.5. The topological polar surface area (TPSA) is 122 Å². The van der Waals surface area contributed by atoms with Gasteiger partial charge in [-0.3, -0.25) is 9.59 Å². The largest absolute Gasteiger partial charge is 2.00 e. The average Bonchev–Trinajstić information content (AvgIpc) is 2.71. The van der Waals surface area contributed by atoms with Crippen LogP contribution in [0.2, 0.25) is 0 Å². The SMILES string of the molecule is CCCCCCC(C)(C)C(=O)O.CCCCCCC(C)(C)C(=O)O.[NH-][C@@H]1CCCC[C@H]1[NH-].[Pt+2]. The van der Waals surface area contributed by atoms with Crippen molar-refractivity contribution in [2.75, 3.05) is 0 Å². The molecule has 6 nitrogen and oxygen atoms in total. The van der Waals surface area contributed by atoms with Crippen LogP contribution in [-0.2, 0) is 30.7 Å². The Bertz CT molecular complexity index is 455. The molecule has 1 rings (SSSR count). The van der Waals surface area contributed by atoms with E-state index < -0.39 is 22.8 Å². The molecule has 33 heavy (non-hydrogen) atoms. The molecule has 0 radical (unpaired) electrons. The van der Waals surface area contributed by atoms with Crippen LogP contribution < -0.4 is 0 Å². The molecular formula is C26H52N2O4Pt. The number of hydrogen-bond acceptors (Lipinski definition) is 2. The first kappa shape index (κ1) is 37.1. The van der Waals surface area contributed by atoms with Gasteiger partial charge in [0.25, 0.3) is 0 Å². The molecule has 0 aromatic carbocycles. The number of carboxylic acids is 2. The summed E-state index contributed by atoms with van der Waals surface area (Å²) in [7, 11) is 0. The molecule has 1 saturated carbocycles. The summed E-state index contributed by atoms with van der Waals surface area (Å²) in [6.07, 6.45) is 15.1. The molecule has 0 saturated heterocycles. The van der Waals surface area contributed by atoms with Gasteiger partial charge in [0.05, 0.1) is 10.8 Å². The Morgan fingerprint density at radius 1 is 0.697 bits per heavy atom. The van der Waals surface area contributed by atoms with Crippen molar-refractivity contribution in [3.63, 3.8) is 0 Å². The minimum Gasteiger partial charge on any atom is -0.676 e. The van der Waals surface area contributed by atoms with E-state index >= 15 is 0 Å². The molecule has 0 amide bonds. The molecule has 1 aliphatic carbocycles. The first-order valence-corrected chi connectivity index (χ1v) is 12.7. The summed E-state index contributed by atoms with van der Waals surface area (Å²) in [5, 5.41) is 17.6. The first-order chi connectivity index (χ1) is 14.8. The molecule has 0 heterocycles. The van der Waals surface area contributed by atoms with Crippen molar-refractivity contribution in [1.82, 2.24) is 0 Å². The normalized spacial score (nSPS) is 18.1. The van der Waals surface area contributed by atoms with Crippen LogP contribution in [0.4, 0.5) is 0 Å². The summed E-state index contributed by atoms with van der Waals surface area (Å²) in [4.78, 5) is 21.4. The maximum absolute atomic E-state index is 10.7. The van der Waals surface area contributed by atoms with Crippen molar-refractivity contribution < 1.29 is 40.9 Å². The molecule has 0 bridgehead atoms. The number of aliphatic carboxylic acids is 2. The van der Waals surface area contributed by atoms with E-state index in [-0.39, 0.29) is 33.1 Å². The van der Waals surface area contributed by atoms with Gasteiger partial charge >= 0.3 is 33.0 Å². The van der Waals surface area contributed by atoms with Gasteiger partial charge in [-0.25, -0.2) is 0 Å². The van der Waals surface area contributed by atoms with Gasteiger partial charge in [0, 0.05) is 0 Å². The van der Waals surface area contributed by atoms with Gasteiger partial charge in [0.1, 0.15) is 0 Å². The van der Waals surface area contributed by atoms with E-state index in [1.807, 2.05) is 0 Å². The average molecular weight is 652 g/mol. The third-order valence-electron chi connectivity index (χ3n) is 6.23. The molecule has 0 aliphatic heterocycles. The summed E-state index contributed by atoms with van der Waals surface area (Å²) in [6.45, 7) is 11.5. The standard InChI is InChI=1S/2C10H20O2.C6H12N2.Pt/c2*1-4-5-6-7-8-10(2,3)9(11)12;7-5-3-1-2-4-6(5)8;/h2*4-8H2,1-3H3,(H,11,12);5-8H,1-4H2;/q;;-2;+2/t;;5-,6-;/m..1./s1. The zero-order chi connectivity index (χ0) is 25.2. The molecule has 0 spiro atoms. The van der Waals surface area contributed by atoms with Crippen molar-refractivity contribution in [2.45, 2.75) is 144 Å². The second kappa shape index (κ2) is 20.9. The van der Waals surface area contributed by atoms with Crippen LogP contribution in [0.5, 0.6) is 0 Å². The van der Waals surface area contributed by atoms with E-state index in [9.17, 15) is 9.59 Å². The van der Waals surface area contributed by atoms with Gasteiger partial charge < -0.3 is 21.7 Å². The van der Waals surface area contributed by atoms with Crippen LogP contribution in [0.25, 0.3) is 11.5 Å². The smallest absolute Gasteiger partial charge is 0.676 e. The van der Waals surface area contributed by atoms with Gasteiger partial charge in [-0.2, -0.15) is 12.1 Å². The molecule has 7 heteroatoms. The van der Waals surface area contributed by atoms with Gasteiger partial charge in [-0.15, -0.1) is 0 Å². The van der Waals surface area contributed by atoms with Crippen LogP contribution in [0.1, 0.15) is 131 Å². The molecule has 1 aliphatic rings. The molecule has 200 valence electrons. The number of unbranched alkanes of at least 4 members (excludes halogenated alkanes) is 6. The quantitative estimate of drug-likeness (QED) is 0.205. The van der Waals surface area contributed by atoms with Crippen molar-refractivity contribution >= 4 is 11.9 Å². The molecular weight excluding hydrogens is 599 g/mol. The monoisotopic (exact) mass is 651 g/mol. The molecule has 0 aromatic rings. The number of carbonyl (C=O) groups is 2. The van der Waals surface area contributed by atoms with E-state index in [4.69, 9.17) is 21.7 Å². The molecule has 1 fully saturated rings. The summed E-state index contributed by atoms with van der Waals surface area (Å²) in [6, 6.07) is -0.160. The third-order valence-corrected chi connectivity index (χ3v) is 6.23. The van der Waals surface area contributed by atoms with E-state index in [1.54, 1.807) is 27.7 Å². The zero-order valence-corrected chi connectivity index (χ0v) is 24.4.